The first-order valence-corrected chi connectivity index (χ1v) is 12.2. The maximum atomic E-state index is 4.39. The maximum Gasteiger partial charge on any atom is 0.0429 e. The quantitative estimate of drug-likeness (QED) is 0.245. The van der Waals surface area contributed by atoms with Crippen LogP contribution in [-0.2, 0) is 13.1 Å². The first kappa shape index (κ1) is 23.4. The van der Waals surface area contributed by atoms with Gasteiger partial charge in [-0.3, -0.25) is 0 Å². The van der Waals surface area contributed by atoms with E-state index in [0.717, 1.165) is 42.9 Å². The minimum atomic E-state index is 0.913. The molecule has 0 bridgehead atoms. The highest BCUT2D eigenvalue weighted by Crippen LogP contribution is 2.27. The van der Waals surface area contributed by atoms with Gasteiger partial charge in [0.1, 0.15) is 0 Å². The Morgan fingerprint density at radius 3 is 1.21 bits per heavy atom. The van der Waals surface area contributed by atoms with Crippen LogP contribution in [0.3, 0.4) is 0 Å². The molecule has 0 spiro atoms. The second-order valence-corrected chi connectivity index (χ2v) is 8.57. The summed E-state index contributed by atoms with van der Waals surface area (Å²) in [7, 11) is 0. The fourth-order valence-corrected chi connectivity index (χ4v) is 4.29. The number of hydrogen-bond donors (Lipinski definition) is 0. The smallest absolute Gasteiger partial charge is 0.0429 e. The van der Waals surface area contributed by atoms with Gasteiger partial charge in [-0.25, -0.2) is 0 Å². The normalized spacial score (nSPS) is 10.6. The predicted octanol–water partition coefficient (Wildman–Crippen LogP) is 7.80. The third-order valence-corrected chi connectivity index (χ3v) is 6.36. The average molecular weight is 447 g/mol. The van der Waals surface area contributed by atoms with Gasteiger partial charge in [0.15, 0.2) is 0 Å². The fraction of sp³-hybridized carbons (Fsp3) is 0.188. The number of hydrogen-bond acceptors (Lipinski definition) is 2. The maximum absolute atomic E-state index is 4.39. The van der Waals surface area contributed by atoms with Crippen LogP contribution >= 0.6 is 0 Å². The summed E-state index contributed by atoms with van der Waals surface area (Å²) in [4.78, 5) is 4.78. The van der Waals surface area contributed by atoms with Crippen molar-refractivity contribution < 1.29 is 0 Å². The highest BCUT2D eigenvalue weighted by Gasteiger charge is 2.09. The van der Waals surface area contributed by atoms with Crippen LogP contribution in [0.5, 0.6) is 0 Å². The summed E-state index contributed by atoms with van der Waals surface area (Å²) >= 11 is 0. The summed E-state index contributed by atoms with van der Waals surface area (Å²) in [6, 6.07) is 38.8. The van der Waals surface area contributed by atoms with Crippen molar-refractivity contribution in [2.45, 2.75) is 26.9 Å². The summed E-state index contributed by atoms with van der Waals surface area (Å²) in [5.41, 5.74) is 8.48. The van der Waals surface area contributed by atoms with E-state index in [-0.39, 0.29) is 0 Å². The molecule has 0 aliphatic carbocycles. The number of anilines is 2. The number of rotatable bonds is 10. The highest BCUT2D eigenvalue weighted by molar-refractivity contribution is 5.79. The molecule has 0 atom stereocenters. The first-order chi connectivity index (χ1) is 16.7. The summed E-state index contributed by atoms with van der Waals surface area (Å²) in [6.07, 6.45) is 0. The summed E-state index contributed by atoms with van der Waals surface area (Å²) < 4.78 is 0. The van der Waals surface area contributed by atoms with Crippen LogP contribution in [-0.4, -0.2) is 13.1 Å². The molecule has 0 heterocycles. The van der Waals surface area contributed by atoms with Gasteiger partial charge in [-0.15, -0.1) is 0 Å². The fourth-order valence-electron chi connectivity index (χ4n) is 4.29. The second-order valence-electron chi connectivity index (χ2n) is 8.57. The molecule has 2 nitrogen and oxygen atoms in total. The Morgan fingerprint density at radius 1 is 0.529 bits per heavy atom. The van der Waals surface area contributed by atoms with E-state index in [4.69, 9.17) is 0 Å². The van der Waals surface area contributed by atoms with Crippen molar-refractivity contribution in [2.24, 2.45) is 0 Å². The van der Waals surface area contributed by atoms with Gasteiger partial charge in [0.25, 0.3) is 0 Å². The molecule has 172 valence electrons. The minimum Gasteiger partial charge on any atom is -0.367 e. The van der Waals surface area contributed by atoms with E-state index in [0.29, 0.717) is 0 Å². The summed E-state index contributed by atoms with van der Waals surface area (Å²) in [5, 5.41) is 0. The molecule has 34 heavy (non-hydrogen) atoms. The third-order valence-electron chi connectivity index (χ3n) is 6.36. The van der Waals surface area contributed by atoms with Crippen LogP contribution < -0.4 is 9.80 Å². The topological polar surface area (TPSA) is 6.48 Å². The average Bonchev–Trinajstić information content (AvgIpc) is 2.91. The lowest BCUT2D eigenvalue weighted by Crippen LogP contribution is -2.21. The zero-order valence-electron chi connectivity index (χ0n) is 20.3. The van der Waals surface area contributed by atoms with Gasteiger partial charge in [0, 0.05) is 37.6 Å². The molecule has 0 unspecified atom stereocenters. The van der Waals surface area contributed by atoms with Crippen LogP contribution in [0, 0.1) is 0 Å². The lowest BCUT2D eigenvalue weighted by molar-refractivity contribution is 0.832. The van der Waals surface area contributed by atoms with Crippen molar-refractivity contribution in [3.8, 4) is 0 Å². The molecule has 0 saturated heterocycles. The van der Waals surface area contributed by atoms with E-state index >= 15 is 0 Å². The third kappa shape index (κ3) is 5.77. The molecule has 0 saturated carbocycles. The van der Waals surface area contributed by atoms with E-state index in [9.17, 15) is 0 Å². The predicted molar refractivity (Wildman–Crippen MR) is 147 cm³/mol. The van der Waals surface area contributed by atoms with Gasteiger partial charge in [-0.2, -0.15) is 0 Å². The molecule has 4 aromatic carbocycles. The molecule has 0 N–H and O–H groups in total. The zero-order valence-corrected chi connectivity index (χ0v) is 20.3. The Bertz CT molecular complexity index is 1070. The molecule has 0 radical (unpaired) electrons. The molecular weight excluding hydrogens is 412 g/mol. The van der Waals surface area contributed by atoms with Gasteiger partial charge in [-0.05, 0) is 65.9 Å². The molecule has 2 heteroatoms. The molecular formula is C32H34N2. The number of benzene rings is 4. The Morgan fingerprint density at radius 2 is 0.882 bits per heavy atom. The molecule has 0 aromatic heterocycles. The Kier molecular flexibility index (Phi) is 7.83. The van der Waals surface area contributed by atoms with E-state index in [1.54, 1.807) is 0 Å². The summed E-state index contributed by atoms with van der Waals surface area (Å²) in [5.74, 6) is 0. The van der Waals surface area contributed by atoms with Gasteiger partial charge < -0.3 is 9.80 Å². The van der Waals surface area contributed by atoms with Crippen LogP contribution in [0.1, 0.15) is 36.1 Å². The van der Waals surface area contributed by atoms with E-state index in [2.05, 4.69) is 139 Å². The molecule has 4 rings (SSSR count). The van der Waals surface area contributed by atoms with E-state index < -0.39 is 0 Å². The molecule has 0 amide bonds. The largest absolute Gasteiger partial charge is 0.367 e. The summed E-state index contributed by atoms with van der Waals surface area (Å²) in [6.45, 7) is 12.6. The molecule has 0 aliphatic rings. The minimum absolute atomic E-state index is 0.913. The zero-order chi connectivity index (χ0) is 23.8. The monoisotopic (exact) mass is 446 g/mol. The first-order valence-electron chi connectivity index (χ1n) is 12.2. The van der Waals surface area contributed by atoms with Crippen molar-refractivity contribution in [1.82, 2.24) is 0 Å². The van der Waals surface area contributed by atoms with Crippen LogP contribution in [0.15, 0.2) is 116 Å². The van der Waals surface area contributed by atoms with Crippen LogP contribution in [0.2, 0.25) is 0 Å². The van der Waals surface area contributed by atoms with Crippen molar-refractivity contribution in [3.63, 3.8) is 0 Å². The Labute approximate surface area is 204 Å². The Hall–Kier alpha value is -3.78. The highest BCUT2D eigenvalue weighted by atomic mass is 15.1. The Balaban J connectivity index is 1.44. The van der Waals surface area contributed by atoms with Crippen molar-refractivity contribution in [2.75, 3.05) is 22.9 Å². The second kappa shape index (κ2) is 11.4. The van der Waals surface area contributed by atoms with Gasteiger partial charge in [0.05, 0.1) is 0 Å². The van der Waals surface area contributed by atoms with Crippen molar-refractivity contribution in [3.05, 3.63) is 138 Å². The lowest BCUT2D eigenvalue weighted by atomic mass is 9.99. The number of nitrogens with zero attached hydrogens (tertiary/aromatic N) is 2. The van der Waals surface area contributed by atoms with Crippen LogP contribution in [0.25, 0.3) is 5.57 Å². The lowest BCUT2D eigenvalue weighted by Gasteiger charge is -2.24. The van der Waals surface area contributed by atoms with E-state index in [1.165, 1.54) is 22.5 Å². The molecule has 4 aromatic rings. The van der Waals surface area contributed by atoms with Gasteiger partial charge >= 0.3 is 0 Å². The van der Waals surface area contributed by atoms with Gasteiger partial charge in [-0.1, -0.05) is 91.5 Å². The van der Waals surface area contributed by atoms with Gasteiger partial charge in [0.2, 0.25) is 0 Å². The van der Waals surface area contributed by atoms with E-state index in [1.807, 2.05) is 0 Å². The molecule has 0 aliphatic heterocycles. The SMILES string of the molecule is C=C(c1ccc(N(CC)Cc2ccccc2)cc1)c1ccc(N(CC)Cc2ccccc2)cc1. The van der Waals surface area contributed by atoms with Crippen molar-refractivity contribution in [1.29, 1.82) is 0 Å². The van der Waals surface area contributed by atoms with Crippen LogP contribution in [0.4, 0.5) is 11.4 Å². The molecule has 0 fully saturated rings. The standard InChI is InChI=1S/C32H34N2/c1-4-33(24-27-12-8-6-9-13-27)31-20-16-29(17-21-31)26(3)30-18-22-32(23-19-30)34(5-2)25-28-14-10-7-11-15-28/h6-23H,3-5,24-25H2,1-2H3. The van der Waals surface area contributed by atoms with Crippen molar-refractivity contribution >= 4 is 16.9 Å².